The van der Waals surface area contributed by atoms with Crippen molar-refractivity contribution in [1.82, 2.24) is 29.8 Å². The summed E-state index contributed by atoms with van der Waals surface area (Å²) in [4.78, 5) is 40.9. The Morgan fingerprint density at radius 3 is 2.64 bits per heavy atom. The lowest BCUT2D eigenvalue weighted by molar-refractivity contribution is -0.123. The Hall–Kier alpha value is -3.83. The van der Waals surface area contributed by atoms with Crippen LogP contribution < -0.4 is 16.0 Å². The number of fused-ring (bicyclic) bond motifs is 1. The number of carbonyl (C=O) groups is 2. The van der Waals surface area contributed by atoms with Crippen molar-refractivity contribution >= 4 is 34.6 Å². The quantitative estimate of drug-likeness (QED) is 0.313. The van der Waals surface area contributed by atoms with Gasteiger partial charge in [0, 0.05) is 37.0 Å². The molecule has 1 aliphatic rings. The lowest BCUT2D eigenvalue weighted by Gasteiger charge is -2.42. The monoisotopic (exact) mass is 546 g/mol. The maximum absolute atomic E-state index is 12.9. The molecule has 11 heteroatoms. The smallest absolute Gasteiger partial charge is 0.249 e. The van der Waals surface area contributed by atoms with Crippen LogP contribution in [-0.2, 0) is 11.2 Å². The molecule has 1 saturated heterocycles. The zero-order valence-corrected chi connectivity index (χ0v) is 23.5. The number of hydrogen-bond acceptors (Lipinski definition) is 8. The summed E-state index contributed by atoms with van der Waals surface area (Å²) in [5, 5.41) is 9.26. The van der Waals surface area contributed by atoms with Crippen molar-refractivity contribution in [2.24, 2.45) is 5.73 Å². The lowest BCUT2D eigenvalue weighted by atomic mass is 9.94. The van der Waals surface area contributed by atoms with Crippen LogP contribution in [0.25, 0.3) is 27.5 Å². The number of nitrogens with one attached hydrogen (secondary N) is 1. The topological polar surface area (TPSA) is 122 Å². The predicted octanol–water partition coefficient (Wildman–Crippen LogP) is 3.22. The largest absolute Gasteiger partial charge is 0.366 e. The van der Waals surface area contributed by atoms with Gasteiger partial charge in [0.2, 0.25) is 11.8 Å². The Morgan fingerprint density at radius 2 is 2.03 bits per heavy atom. The third kappa shape index (κ3) is 4.99. The zero-order chi connectivity index (χ0) is 27.7. The van der Waals surface area contributed by atoms with E-state index < -0.39 is 5.91 Å². The van der Waals surface area contributed by atoms with Crippen molar-refractivity contribution in [3.63, 3.8) is 0 Å². The van der Waals surface area contributed by atoms with E-state index in [1.54, 1.807) is 35.2 Å². The van der Waals surface area contributed by atoms with Gasteiger partial charge in [-0.2, -0.15) is 5.10 Å². The van der Waals surface area contributed by atoms with E-state index in [9.17, 15) is 9.59 Å². The maximum Gasteiger partial charge on any atom is 0.249 e. The Balaban J connectivity index is 1.67. The van der Waals surface area contributed by atoms with Crippen LogP contribution in [0.3, 0.4) is 0 Å². The number of anilines is 1. The molecular formula is C28H34N8O2S. The van der Waals surface area contributed by atoms with E-state index in [0.29, 0.717) is 47.7 Å². The van der Waals surface area contributed by atoms with Crippen molar-refractivity contribution in [1.29, 1.82) is 0 Å². The van der Waals surface area contributed by atoms with Gasteiger partial charge in [-0.05, 0) is 56.4 Å². The van der Waals surface area contributed by atoms with Crippen LogP contribution in [0.1, 0.15) is 43.1 Å². The number of amides is 2. The number of primary amides is 1. The number of carbonyl (C=O) groups excluding carboxylic acids is 2. The Kier molecular flexibility index (Phi) is 7.62. The van der Waals surface area contributed by atoms with E-state index in [1.807, 2.05) is 34.7 Å². The summed E-state index contributed by atoms with van der Waals surface area (Å²) in [5.41, 5.74) is 9.87. The highest BCUT2D eigenvalue weighted by Gasteiger charge is 2.37. The van der Waals surface area contributed by atoms with Crippen LogP contribution >= 0.6 is 11.3 Å². The number of rotatable bonds is 10. The van der Waals surface area contributed by atoms with E-state index in [0.717, 1.165) is 29.2 Å². The highest BCUT2D eigenvalue weighted by atomic mass is 32.1. The fourth-order valence-corrected chi connectivity index (χ4v) is 6.01. The number of aromatic nitrogens is 4. The molecule has 0 bridgehead atoms. The van der Waals surface area contributed by atoms with Crippen molar-refractivity contribution < 1.29 is 9.59 Å². The van der Waals surface area contributed by atoms with Crippen molar-refractivity contribution in [3.8, 4) is 21.8 Å². The SMILES string of the molecule is CCN(CC)[C@@H](C)Cc1c(C(N)=O)cc(-c2cnn3ccc(-c4cccs4)nc23)nc1N1CC[C@@H]1C(=O)NC. The molecule has 0 spiro atoms. The Labute approximate surface area is 231 Å². The molecular weight excluding hydrogens is 512 g/mol. The van der Waals surface area contributed by atoms with Gasteiger partial charge in [-0.25, -0.2) is 14.5 Å². The number of pyridine rings is 1. The van der Waals surface area contributed by atoms with Gasteiger partial charge in [-0.1, -0.05) is 19.9 Å². The average molecular weight is 547 g/mol. The van der Waals surface area contributed by atoms with Crippen LogP contribution in [-0.4, -0.2) is 75.1 Å². The fourth-order valence-electron chi connectivity index (χ4n) is 5.32. The van der Waals surface area contributed by atoms with Crippen LogP contribution in [0.4, 0.5) is 5.82 Å². The number of nitrogens with zero attached hydrogens (tertiary/aromatic N) is 6. The Bertz CT molecular complexity index is 1500. The molecule has 0 radical (unpaired) electrons. The van der Waals surface area contributed by atoms with E-state index in [-0.39, 0.29) is 18.0 Å². The van der Waals surface area contributed by atoms with Crippen molar-refractivity contribution in [2.75, 3.05) is 31.6 Å². The van der Waals surface area contributed by atoms with Gasteiger partial charge in [0.15, 0.2) is 5.65 Å². The predicted molar refractivity (Wildman–Crippen MR) is 154 cm³/mol. The summed E-state index contributed by atoms with van der Waals surface area (Å²) in [6, 6.07) is 7.49. The van der Waals surface area contributed by atoms with Crippen LogP contribution in [0.5, 0.6) is 0 Å². The number of likely N-dealkylation sites (N-methyl/N-ethyl adjacent to an activating group) is 2. The number of nitrogens with two attached hydrogens (primary N) is 1. The molecule has 5 heterocycles. The lowest BCUT2D eigenvalue weighted by Crippen LogP contribution is -2.56. The van der Waals surface area contributed by atoms with Crippen molar-refractivity contribution in [2.45, 2.75) is 45.7 Å². The van der Waals surface area contributed by atoms with E-state index in [2.05, 4.69) is 36.1 Å². The molecule has 0 unspecified atom stereocenters. The maximum atomic E-state index is 12.9. The summed E-state index contributed by atoms with van der Waals surface area (Å²) in [7, 11) is 1.64. The first kappa shape index (κ1) is 26.8. The highest BCUT2D eigenvalue weighted by molar-refractivity contribution is 7.13. The molecule has 1 aliphatic heterocycles. The van der Waals surface area contributed by atoms with Gasteiger partial charge in [0.25, 0.3) is 0 Å². The van der Waals surface area contributed by atoms with Gasteiger partial charge in [-0.15, -0.1) is 11.3 Å². The number of thiophene rings is 1. The summed E-state index contributed by atoms with van der Waals surface area (Å²) in [6.45, 7) is 8.82. The second kappa shape index (κ2) is 11.1. The molecule has 0 aliphatic carbocycles. The van der Waals surface area contributed by atoms with E-state index >= 15 is 0 Å². The minimum absolute atomic E-state index is 0.0740. The molecule has 2 amide bonds. The molecule has 4 aromatic rings. The van der Waals surface area contributed by atoms with Crippen LogP contribution in [0.15, 0.2) is 42.0 Å². The Morgan fingerprint density at radius 1 is 1.23 bits per heavy atom. The molecule has 204 valence electrons. The fraction of sp³-hybridized carbons (Fsp3) is 0.393. The molecule has 0 aromatic carbocycles. The van der Waals surface area contributed by atoms with Crippen LogP contribution in [0.2, 0.25) is 0 Å². The molecule has 0 saturated carbocycles. The molecule has 4 aromatic heterocycles. The molecule has 1 fully saturated rings. The van der Waals surface area contributed by atoms with Crippen molar-refractivity contribution in [3.05, 3.63) is 53.2 Å². The minimum Gasteiger partial charge on any atom is -0.366 e. The van der Waals surface area contributed by atoms with Gasteiger partial charge in [0.1, 0.15) is 11.9 Å². The van der Waals surface area contributed by atoms with Gasteiger partial charge >= 0.3 is 0 Å². The van der Waals surface area contributed by atoms with E-state index in [4.69, 9.17) is 15.7 Å². The first-order valence-corrected chi connectivity index (χ1v) is 14.2. The first-order chi connectivity index (χ1) is 18.9. The summed E-state index contributed by atoms with van der Waals surface area (Å²) in [6.07, 6.45) is 4.87. The molecule has 2 atom stereocenters. The first-order valence-electron chi connectivity index (χ1n) is 13.3. The third-order valence-electron chi connectivity index (χ3n) is 7.56. The second-order valence-corrected chi connectivity index (χ2v) is 10.7. The highest BCUT2D eigenvalue weighted by Crippen LogP contribution is 2.36. The third-order valence-corrected chi connectivity index (χ3v) is 8.45. The minimum atomic E-state index is -0.526. The van der Waals surface area contributed by atoms with E-state index in [1.165, 1.54) is 0 Å². The van der Waals surface area contributed by atoms with Crippen LogP contribution in [0, 0.1) is 0 Å². The summed E-state index contributed by atoms with van der Waals surface area (Å²) < 4.78 is 1.70. The van der Waals surface area contributed by atoms with Gasteiger partial charge in [-0.3, -0.25) is 9.59 Å². The molecule has 3 N–H and O–H groups in total. The molecule has 39 heavy (non-hydrogen) atoms. The number of hydrogen-bond donors (Lipinski definition) is 2. The normalized spacial score (nSPS) is 15.9. The van der Waals surface area contributed by atoms with Gasteiger partial charge in [0.05, 0.1) is 28.0 Å². The standard InChI is InChI=1S/C28H34N8O2S/c1-5-34(6-2)17(3)14-19-18(25(29)37)15-22(33-26(19)35-11-10-23(35)28(38)30-4)20-16-31-36-12-9-21(32-27(20)36)24-8-7-13-39-24/h7-9,12-13,15-17,23H,5-6,10-11,14H2,1-4H3,(H2,29,37)(H,30,38)/t17-,23+/m0/s1. The molecule has 5 rings (SSSR count). The summed E-state index contributed by atoms with van der Waals surface area (Å²) in [5.74, 6) is 0.0198. The van der Waals surface area contributed by atoms with Gasteiger partial charge < -0.3 is 20.9 Å². The summed E-state index contributed by atoms with van der Waals surface area (Å²) >= 11 is 1.61. The molecule has 10 nitrogen and oxygen atoms in total. The zero-order valence-electron chi connectivity index (χ0n) is 22.7. The second-order valence-electron chi connectivity index (χ2n) is 9.72. The average Bonchev–Trinajstić information content (AvgIpc) is 3.59.